The van der Waals surface area contributed by atoms with Crippen LogP contribution in [0.2, 0.25) is 0 Å². The van der Waals surface area contributed by atoms with Crippen molar-refractivity contribution in [3.63, 3.8) is 0 Å². The molecule has 0 bridgehead atoms. The van der Waals surface area contributed by atoms with E-state index < -0.39 is 120 Å². The number of alkyl carbamates (subject to hydrolysis) is 8. The fraction of sp³-hybridized carbons (Fsp3) is 0.831. The fourth-order valence-corrected chi connectivity index (χ4v) is 9.34. The molecule has 8 N–H and O–H groups in total. The van der Waals surface area contributed by atoms with Gasteiger partial charge < -0.3 is 110 Å². The van der Waals surface area contributed by atoms with Gasteiger partial charge in [0.15, 0.2) is 0 Å². The third-order valence-electron chi connectivity index (χ3n) is 15.0. The molecule has 106 heavy (non-hydrogen) atoms. The summed E-state index contributed by atoms with van der Waals surface area (Å²) in [5.41, 5.74) is -5.26. The minimum Gasteiger partial charge on any atom is -0.465 e. The number of aromatic nitrogens is 3. The van der Waals surface area contributed by atoms with E-state index in [9.17, 15) is 47.9 Å². The van der Waals surface area contributed by atoms with Gasteiger partial charge in [-0.05, 0) is 248 Å². The highest BCUT2D eigenvalue weighted by atomic mass is 16.6. The molecule has 1 aromatic heterocycles. The third kappa shape index (κ3) is 52.9. The Hall–Kier alpha value is -7.92. The van der Waals surface area contributed by atoms with Gasteiger partial charge in [-0.15, -0.1) is 5.10 Å². The molecule has 612 valence electrons. The summed E-state index contributed by atoms with van der Waals surface area (Å²) in [7, 11) is 7.70. The van der Waals surface area contributed by atoms with Gasteiger partial charge in [-0.1, -0.05) is 11.6 Å². The van der Waals surface area contributed by atoms with Crippen LogP contribution in [0.1, 0.15) is 180 Å². The zero-order chi connectivity index (χ0) is 79.8. The average Bonchev–Trinajstić information content (AvgIpc) is 1.56. The van der Waals surface area contributed by atoms with Crippen LogP contribution < -0.4 is 42.5 Å². The Morgan fingerprint density at radius 2 is 0.575 bits per heavy atom. The van der Waals surface area contributed by atoms with Gasteiger partial charge in [0.1, 0.15) is 72.0 Å². The van der Waals surface area contributed by atoms with E-state index in [4.69, 9.17) is 47.4 Å². The van der Waals surface area contributed by atoms with Crippen LogP contribution in [0.15, 0.2) is 6.20 Å². The molecule has 1 rings (SSSR count). The second-order valence-electron chi connectivity index (χ2n) is 31.0. The molecule has 35 nitrogen and oxygen atoms in total. The quantitative estimate of drug-likeness (QED) is 0.0180. The van der Waals surface area contributed by atoms with Gasteiger partial charge in [-0.3, -0.25) is 14.3 Å². The first-order valence-corrected chi connectivity index (χ1v) is 37.0. The topological polar surface area (TPSA) is 403 Å². The van der Waals surface area contributed by atoms with Crippen molar-refractivity contribution in [1.29, 1.82) is 0 Å². The number of carbonyl (C=O) groups excluding carboxylic acids is 10. The molecule has 1 heterocycles. The van der Waals surface area contributed by atoms with E-state index in [-0.39, 0.29) is 39.4 Å². The number of hydrogen-bond acceptors (Lipinski definition) is 26. The summed E-state index contributed by atoms with van der Waals surface area (Å²) < 4.78 is 56.0. The Labute approximate surface area is 629 Å². The summed E-state index contributed by atoms with van der Waals surface area (Å²) in [6.45, 7) is 30.9. The normalized spacial score (nSPS) is 12.0. The summed E-state index contributed by atoms with van der Waals surface area (Å²) in [5, 5.41) is 30.1. The number of esters is 2. The Balaban J connectivity index is 2.86. The van der Waals surface area contributed by atoms with Crippen LogP contribution in [0.5, 0.6) is 0 Å². The lowest BCUT2D eigenvalue weighted by molar-refractivity contribution is -0.162. The van der Waals surface area contributed by atoms with Crippen molar-refractivity contribution < 1.29 is 95.3 Å². The standard InChI is InChI=1S/C71H133N15O20/c1-66(2,3)103-62(93)76-35-27-43-82(15)39-23-31-72-58(89)99-51-70(13,52-100-59(90)73-32-24-40-83(16)44-28-36-77-63(94)104-67(4,5)6)56(87)97-48-22-20-19-21-47-86-49-55(80-81-86)50-98-57(88)71(14,53-101-60(91)74-33-25-41-84(17)45-29-37-78-64(95)105-68(7,8)9)54-102-61(92)75-34-26-42-85(18)46-30-38-79-65(96)106-69(10,11)12/h49H,19-48,50-54H2,1-18H3,(H,72,89)(H,73,90)(H,74,91)(H,75,92)(H,76,93)(H,77,94)(H,78,95)(H,79,96). The van der Waals surface area contributed by atoms with Crippen LogP contribution in [-0.2, 0) is 70.1 Å². The van der Waals surface area contributed by atoms with E-state index >= 15 is 0 Å². The van der Waals surface area contributed by atoms with Crippen molar-refractivity contribution in [2.45, 2.75) is 210 Å². The van der Waals surface area contributed by atoms with Crippen LogP contribution >= 0.6 is 0 Å². The van der Waals surface area contributed by atoms with Gasteiger partial charge in [0.25, 0.3) is 0 Å². The minimum absolute atomic E-state index is 0.0292. The molecular formula is C71H133N15O20. The number of unbranched alkanes of at least 4 members (excludes halogenated alkanes) is 3. The van der Waals surface area contributed by atoms with Crippen molar-refractivity contribution in [3.05, 3.63) is 11.9 Å². The maximum absolute atomic E-state index is 13.8. The fourth-order valence-electron chi connectivity index (χ4n) is 9.34. The summed E-state index contributed by atoms with van der Waals surface area (Å²) in [6, 6.07) is 0. The average molecular weight is 1520 g/mol. The molecule has 0 aliphatic carbocycles. The SMILES string of the molecule is CN(CCCNC(=O)OCC(C)(COC(=O)NCCCN(C)CCCNC(=O)OC(C)(C)C)C(=O)OCCCCCCn1cc(COC(=O)C(C)(COC(=O)NCCCN(C)CCCNC(=O)OC(C)(C)C)COC(=O)NCCCN(C)CCCNC(=O)OC(C)(C)C)nn1)CCCNC(=O)OC(C)(C)C. The first kappa shape index (κ1) is 96.1. The van der Waals surface area contributed by atoms with Crippen LogP contribution in [0, 0.1) is 10.8 Å². The zero-order valence-corrected chi connectivity index (χ0v) is 67.1. The van der Waals surface area contributed by atoms with Crippen molar-refractivity contribution in [2.75, 3.05) is 166 Å². The minimum atomic E-state index is -1.65. The summed E-state index contributed by atoms with van der Waals surface area (Å²) in [6.07, 6.45) is 4.14. The van der Waals surface area contributed by atoms with E-state index in [1.54, 1.807) is 94.0 Å². The highest BCUT2D eigenvalue weighted by molar-refractivity contribution is 5.79. The molecule has 0 atom stereocenters. The molecule has 0 saturated heterocycles. The molecule has 35 heteroatoms. The lowest BCUT2D eigenvalue weighted by Crippen LogP contribution is -2.43. The number of aryl methyl sites for hydroxylation is 1. The lowest BCUT2D eigenvalue weighted by atomic mass is 9.93. The molecule has 0 spiro atoms. The maximum atomic E-state index is 13.8. The van der Waals surface area contributed by atoms with E-state index in [1.165, 1.54) is 13.8 Å². The second-order valence-corrected chi connectivity index (χ2v) is 31.0. The van der Waals surface area contributed by atoms with E-state index in [1.807, 2.05) is 28.2 Å². The third-order valence-corrected chi connectivity index (χ3v) is 15.0. The number of ether oxygens (including phenoxy) is 10. The largest absolute Gasteiger partial charge is 0.465 e. The number of hydrogen-bond donors (Lipinski definition) is 8. The maximum Gasteiger partial charge on any atom is 0.407 e. The Morgan fingerprint density at radius 1 is 0.330 bits per heavy atom. The van der Waals surface area contributed by atoms with Crippen LogP contribution in [0.3, 0.4) is 0 Å². The Morgan fingerprint density at radius 3 is 0.840 bits per heavy atom. The summed E-state index contributed by atoms with van der Waals surface area (Å²) in [5.74, 6) is -1.56. The number of amides is 8. The number of nitrogens with zero attached hydrogens (tertiary/aromatic N) is 7. The van der Waals surface area contributed by atoms with Crippen LogP contribution in [0.25, 0.3) is 0 Å². The van der Waals surface area contributed by atoms with Crippen LogP contribution in [0.4, 0.5) is 38.4 Å². The van der Waals surface area contributed by atoms with Crippen LogP contribution in [-0.4, -0.2) is 284 Å². The smallest absolute Gasteiger partial charge is 0.407 e. The molecule has 0 radical (unpaired) electrons. The van der Waals surface area contributed by atoms with E-state index in [0.29, 0.717) is 168 Å². The number of carbonyl (C=O) groups is 10. The second kappa shape index (κ2) is 51.4. The monoisotopic (exact) mass is 1520 g/mol. The summed E-state index contributed by atoms with van der Waals surface area (Å²) >= 11 is 0. The van der Waals surface area contributed by atoms with Crippen molar-refractivity contribution in [2.24, 2.45) is 10.8 Å². The van der Waals surface area contributed by atoms with Gasteiger partial charge >= 0.3 is 60.7 Å². The predicted molar refractivity (Wildman–Crippen MR) is 397 cm³/mol. The molecule has 1 aromatic rings. The van der Waals surface area contributed by atoms with Gasteiger partial charge in [0.2, 0.25) is 0 Å². The first-order chi connectivity index (χ1) is 49.6. The van der Waals surface area contributed by atoms with Crippen molar-refractivity contribution >= 4 is 60.7 Å². The predicted octanol–water partition coefficient (Wildman–Crippen LogP) is 7.29. The molecular weight excluding hydrogens is 1380 g/mol. The highest BCUT2D eigenvalue weighted by Gasteiger charge is 2.40. The van der Waals surface area contributed by atoms with Gasteiger partial charge in [-0.25, -0.2) is 38.4 Å². The first-order valence-electron chi connectivity index (χ1n) is 37.0. The molecule has 0 fully saturated rings. The van der Waals surface area contributed by atoms with Gasteiger partial charge in [0.05, 0.1) is 12.8 Å². The van der Waals surface area contributed by atoms with Gasteiger partial charge in [0, 0.05) is 58.9 Å². The number of rotatable bonds is 51. The molecule has 0 aromatic carbocycles. The molecule has 0 saturated carbocycles. The Kier molecular flexibility index (Phi) is 46.6. The lowest BCUT2D eigenvalue weighted by Gasteiger charge is -2.26. The molecule has 0 aliphatic rings. The molecule has 8 amide bonds. The van der Waals surface area contributed by atoms with E-state index in [2.05, 4.69) is 72.4 Å². The van der Waals surface area contributed by atoms with E-state index in [0.717, 1.165) is 0 Å². The number of nitrogens with one attached hydrogen (secondary N) is 8. The van der Waals surface area contributed by atoms with Crippen molar-refractivity contribution in [3.8, 4) is 0 Å². The summed E-state index contributed by atoms with van der Waals surface area (Å²) in [4.78, 5) is 135. The molecule has 0 unspecified atom stereocenters. The zero-order valence-electron chi connectivity index (χ0n) is 67.1. The highest BCUT2D eigenvalue weighted by Crippen LogP contribution is 2.23. The Bertz CT molecular complexity index is 2600. The van der Waals surface area contributed by atoms with Crippen molar-refractivity contribution in [1.82, 2.24) is 77.1 Å². The van der Waals surface area contributed by atoms with Gasteiger partial charge in [-0.2, -0.15) is 0 Å². The molecule has 0 aliphatic heterocycles.